The Morgan fingerprint density at radius 1 is 1.03 bits per heavy atom. The molecule has 0 aromatic carbocycles. The van der Waals surface area contributed by atoms with Crippen molar-refractivity contribution in [2.75, 3.05) is 13.1 Å². The fourth-order valence-electron chi connectivity index (χ4n) is 4.55. The van der Waals surface area contributed by atoms with E-state index < -0.39 is 17.9 Å². The lowest BCUT2D eigenvalue weighted by molar-refractivity contribution is -0.286. The molecule has 0 unspecified atom stereocenters. The summed E-state index contributed by atoms with van der Waals surface area (Å²) in [6.45, 7) is 0.638. The van der Waals surface area contributed by atoms with Gasteiger partial charge in [-0.15, -0.1) is 0 Å². The SMILES string of the molecule is N#Cc1nccnc1OC1CCC(OC2CCN(C(=O)OC3(C(F)(F)F)CCC3)CC2)CC1. The van der Waals surface area contributed by atoms with Gasteiger partial charge in [-0.1, -0.05) is 0 Å². The standard InChI is InChI=1S/C22H27F3N4O4/c23-22(24,25)21(8-1-9-21)33-20(30)29-12-6-17(7-13-29)31-15-2-4-16(5-3-15)32-19-18(14-26)27-10-11-28-19/h10-11,15-17H,1-9,12-13H2. The summed E-state index contributed by atoms with van der Waals surface area (Å²) in [5.41, 5.74) is -2.14. The number of hydrogen-bond donors (Lipinski definition) is 0. The Labute approximate surface area is 190 Å². The number of nitrogens with zero attached hydrogens (tertiary/aromatic N) is 4. The number of alkyl halides is 3. The number of carbonyl (C=O) groups is 1. The number of piperidine rings is 1. The van der Waals surface area contributed by atoms with Crippen LogP contribution in [0.1, 0.15) is 63.5 Å². The zero-order chi connectivity index (χ0) is 23.5. The minimum Gasteiger partial charge on any atom is -0.472 e. The summed E-state index contributed by atoms with van der Waals surface area (Å²) in [7, 11) is 0. The van der Waals surface area contributed by atoms with E-state index in [4.69, 9.17) is 19.5 Å². The van der Waals surface area contributed by atoms with Crippen LogP contribution >= 0.6 is 0 Å². The van der Waals surface area contributed by atoms with E-state index in [1.807, 2.05) is 6.07 Å². The van der Waals surface area contributed by atoms with Crippen LogP contribution in [0.2, 0.25) is 0 Å². The molecule has 4 rings (SSSR count). The molecule has 0 bridgehead atoms. The summed E-state index contributed by atoms with van der Waals surface area (Å²) in [5.74, 6) is 0.248. The molecule has 1 amide bonds. The van der Waals surface area contributed by atoms with E-state index in [-0.39, 0.29) is 42.7 Å². The highest BCUT2D eigenvalue weighted by Crippen LogP contribution is 2.48. The normalized spacial score (nSPS) is 25.6. The molecule has 11 heteroatoms. The first-order valence-electron chi connectivity index (χ1n) is 11.4. The number of carbonyl (C=O) groups excluding carboxylic acids is 1. The van der Waals surface area contributed by atoms with Gasteiger partial charge in [-0.2, -0.15) is 18.4 Å². The van der Waals surface area contributed by atoms with E-state index in [1.54, 1.807) is 0 Å². The Balaban J connectivity index is 1.18. The van der Waals surface area contributed by atoms with Crippen LogP contribution < -0.4 is 4.74 Å². The van der Waals surface area contributed by atoms with Gasteiger partial charge in [0.15, 0.2) is 0 Å². The van der Waals surface area contributed by atoms with Crippen LogP contribution in [0.3, 0.4) is 0 Å². The van der Waals surface area contributed by atoms with Gasteiger partial charge in [0, 0.05) is 25.5 Å². The summed E-state index contributed by atoms with van der Waals surface area (Å²) in [6.07, 6.45) is 1.81. The number of halogens is 3. The first-order chi connectivity index (χ1) is 15.8. The molecule has 3 fully saturated rings. The third-order valence-electron chi connectivity index (χ3n) is 6.72. The van der Waals surface area contributed by atoms with Gasteiger partial charge in [0.25, 0.3) is 5.88 Å². The summed E-state index contributed by atoms with van der Waals surface area (Å²) >= 11 is 0. The highest BCUT2D eigenvalue weighted by molar-refractivity contribution is 5.68. The van der Waals surface area contributed by atoms with Crippen molar-refractivity contribution in [3.63, 3.8) is 0 Å². The van der Waals surface area contributed by atoms with Crippen LogP contribution in [-0.4, -0.2) is 64.1 Å². The summed E-state index contributed by atoms with van der Waals surface area (Å²) in [5, 5.41) is 9.10. The molecule has 8 nitrogen and oxygen atoms in total. The van der Waals surface area contributed by atoms with Gasteiger partial charge < -0.3 is 19.1 Å². The molecule has 1 aromatic heterocycles. The first-order valence-corrected chi connectivity index (χ1v) is 11.4. The van der Waals surface area contributed by atoms with Crippen LogP contribution in [0, 0.1) is 11.3 Å². The fraction of sp³-hybridized carbons (Fsp3) is 0.727. The zero-order valence-electron chi connectivity index (χ0n) is 18.2. The maximum Gasteiger partial charge on any atom is 0.428 e. The van der Waals surface area contributed by atoms with E-state index in [2.05, 4.69) is 9.97 Å². The minimum atomic E-state index is -4.53. The fourth-order valence-corrected chi connectivity index (χ4v) is 4.55. The number of rotatable bonds is 5. The molecule has 2 aliphatic carbocycles. The predicted octanol–water partition coefficient (Wildman–Crippen LogP) is 4.14. The second kappa shape index (κ2) is 9.71. The Morgan fingerprint density at radius 2 is 1.64 bits per heavy atom. The number of aromatic nitrogens is 2. The van der Waals surface area contributed by atoms with E-state index in [0.717, 1.165) is 25.7 Å². The molecule has 2 heterocycles. The molecule has 33 heavy (non-hydrogen) atoms. The Hall–Kier alpha value is -2.61. The Kier molecular flexibility index (Phi) is 6.93. The third-order valence-corrected chi connectivity index (χ3v) is 6.72. The predicted molar refractivity (Wildman–Crippen MR) is 108 cm³/mol. The molecule has 0 radical (unpaired) electrons. The lowest BCUT2D eigenvalue weighted by Gasteiger charge is -2.43. The van der Waals surface area contributed by atoms with E-state index in [1.165, 1.54) is 17.3 Å². The van der Waals surface area contributed by atoms with Crippen molar-refractivity contribution >= 4 is 6.09 Å². The minimum absolute atomic E-state index is 0.0398. The van der Waals surface area contributed by atoms with Gasteiger partial charge in [-0.25, -0.2) is 14.8 Å². The first kappa shape index (κ1) is 23.5. The molecular formula is C22H27F3N4O4. The lowest BCUT2D eigenvalue weighted by atomic mass is 9.79. The van der Waals surface area contributed by atoms with E-state index in [0.29, 0.717) is 32.4 Å². The summed E-state index contributed by atoms with van der Waals surface area (Å²) < 4.78 is 56.7. The zero-order valence-corrected chi connectivity index (χ0v) is 18.2. The van der Waals surface area contributed by atoms with Crippen LogP contribution in [0.5, 0.6) is 5.88 Å². The molecule has 0 spiro atoms. The number of nitriles is 1. The van der Waals surface area contributed by atoms with Crippen LogP contribution in [0.4, 0.5) is 18.0 Å². The quantitative estimate of drug-likeness (QED) is 0.641. The molecule has 0 N–H and O–H groups in total. The van der Waals surface area contributed by atoms with Crippen LogP contribution in [0.15, 0.2) is 12.4 Å². The van der Waals surface area contributed by atoms with Gasteiger partial charge in [0.05, 0.1) is 12.2 Å². The number of hydrogen-bond acceptors (Lipinski definition) is 7. The van der Waals surface area contributed by atoms with Crippen LogP contribution in [-0.2, 0) is 9.47 Å². The lowest BCUT2D eigenvalue weighted by Crippen LogP contribution is -2.56. The van der Waals surface area contributed by atoms with E-state index >= 15 is 0 Å². The van der Waals surface area contributed by atoms with Crippen molar-refractivity contribution in [3.05, 3.63) is 18.1 Å². The molecule has 2 saturated carbocycles. The van der Waals surface area contributed by atoms with Crippen molar-refractivity contribution < 1.29 is 32.2 Å². The molecule has 1 aliphatic heterocycles. The monoisotopic (exact) mass is 468 g/mol. The average Bonchev–Trinajstić information content (AvgIpc) is 2.77. The Morgan fingerprint density at radius 3 is 2.21 bits per heavy atom. The number of amides is 1. The van der Waals surface area contributed by atoms with Gasteiger partial charge in [0.2, 0.25) is 11.3 Å². The molecule has 1 saturated heterocycles. The second-order valence-electron chi connectivity index (χ2n) is 8.87. The molecule has 180 valence electrons. The van der Waals surface area contributed by atoms with Crippen molar-refractivity contribution in [1.82, 2.24) is 14.9 Å². The third kappa shape index (κ3) is 5.32. The van der Waals surface area contributed by atoms with Gasteiger partial charge >= 0.3 is 12.3 Å². The average molecular weight is 468 g/mol. The summed E-state index contributed by atoms with van der Waals surface area (Å²) in [6, 6.07) is 1.97. The van der Waals surface area contributed by atoms with Crippen molar-refractivity contribution in [2.45, 2.75) is 87.9 Å². The molecular weight excluding hydrogens is 441 g/mol. The van der Waals surface area contributed by atoms with Gasteiger partial charge in [-0.05, 0) is 57.8 Å². The number of ether oxygens (including phenoxy) is 3. The van der Waals surface area contributed by atoms with Crippen LogP contribution in [0.25, 0.3) is 0 Å². The second-order valence-corrected chi connectivity index (χ2v) is 8.87. The molecule has 0 atom stereocenters. The van der Waals surface area contributed by atoms with E-state index in [9.17, 15) is 18.0 Å². The van der Waals surface area contributed by atoms with Crippen molar-refractivity contribution in [3.8, 4) is 11.9 Å². The molecule has 3 aliphatic rings. The maximum absolute atomic E-state index is 13.2. The maximum atomic E-state index is 13.2. The largest absolute Gasteiger partial charge is 0.472 e. The van der Waals surface area contributed by atoms with Gasteiger partial charge in [0.1, 0.15) is 12.2 Å². The topological polar surface area (TPSA) is 97.6 Å². The summed E-state index contributed by atoms with van der Waals surface area (Å²) in [4.78, 5) is 21.7. The molecule has 1 aromatic rings. The number of likely N-dealkylation sites (tertiary alicyclic amines) is 1. The van der Waals surface area contributed by atoms with Crippen molar-refractivity contribution in [2.24, 2.45) is 0 Å². The highest BCUT2D eigenvalue weighted by Gasteiger charge is 2.62. The highest BCUT2D eigenvalue weighted by atomic mass is 19.4. The smallest absolute Gasteiger partial charge is 0.428 e. The van der Waals surface area contributed by atoms with Crippen molar-refractivity contribution in [1.29, 1.82) is 5.26 Å². The van der Waals surface area contributed by atoms with Gasteiger partial charge in [-0.3, -0.25) is 0 Å². The Bertz CT molecular complexity index is 871.